The quantitative estimate of drug-likeness (QED) is 0.324. The van der Waals surface area contributed by atoms with E-state index in [0.29, 0.717) is 23.4 Å². The monoisotopic (exact) mass is 522 g/mol. The Morgan fingerprint density at radius 2 is 1.84 bits per heavy atom. The van der Waals surface area contributed by atoms with Gasteiger partial charge in [0.2, 0.25) is 5.95 Å². The number of ether oxygens (including phenoxy) is 1. The highest BCUT2D eigenvalue weighted by molar-refractivity contribution is 6.43. The van der Waals surface area contributed by atoms with Crippen molar-refractivity contribution in [1.82, 2.24) is 19.8 Å². The number of aromatic nitrogens is 2. The Morgan fingerprint density at radius 1 is 1.11 bits per heavy atom. The van der Waals surface area contributed by atoms with E-state index in [9.17, 15) is 9.59 Å². The average molecular weight is 523 g/mol. The zero-order valence-electron chi connectivity index (χ0n) is 21.4. The van der Waals surface area contributed by atoms with Crippen LogP contribution >= 0.6 is 11.6 Å². The van der Waals surface area contributed by atoms with Gasteiger partial charge in [-0.05, 0) is 62.7 Å². The van der Waals surface area contributed by atoms with E-state index in [1.165, 1.54) is 30.8 Å². The van der Waals surface area contributed by atoms with Gasteiger partial charge in [-0.25, -0.2) is 4.98 Å². The number of ketones is 1. The number of para-hydroxylation sites is 1. The predicted molar refractivity (Wildman–Crippen MR) is 146 cm³/mol. The number of nitrogens with one attached hydrogen (secondary N) is 2. The molecule has 0 spiro atoms. The molecule has 1 aliphatic heterocycles. The molecule has 1 aromatic heterocycles. The zero-order valence-corrected chi connectivity index (χ0v) is 22.2. The van der Waals surface area contributed by atoms with E-state index in [-0.39, 0.29) is 10.6 Å². The summed E-state index contributed by atoms with van der Waals surface area (Å²) in [6, 6.07) is 12.7. The van der Waals surface area contributed by atoms with Gasteiger partial charge in [-0.1, -0.05) is 29.8 Å². The number of piperidine rings is 1. The molecule has 2 aromatic carbocycles. The van der Waals surface area contributed by atoms with E-state index >= 15 is 0 Å². The number of likely N-dealkylation sites (tertiary alicyclic amines) is 1. The van der Waals surface area contributed by atoms with Gasteiger partial charge in [0.1, 0.15) is 10.8 Å². The topological polar surface area (TPSA) is 99.7 Å². The van der Waals surface area contributed by atoms with Crippen LogP contribution in [0.1, 0.15) is 34.7 Å². The van der Waals surface area contributed by atoms with Crippen molar-refractivity contribution in [2.75, 3.05) is 52.0 Å². The van der Waals surface area contributed by atoms with E-state index in [1.54, 1.807) is 31.4 Å². The highest BCUT2D eigenvalue weighted by atomic mass is 35.5. The molecular weight excluding hydrogens is 492 g/mol. The third-order valence-corrected chi connectivity index (χ3v) is 6.69. The smallest absolute Gasteiger partial charge is 0.294 e. The van der Waals surface area contributed by atoms with Crippen LogP contribution in [0.4, 0.5) is 23.1 Å². The summed E-state index contributed by atoms with van der Waals surface area (Å²) in [5, 5.41) is 6.55. The lowest BCUT2D eigenvalue weighted by atomic mass is 9.89. The second-order valence-electron chi connectivity index (χ2n) is 9.25. The van der Waals surface area contributed by atoms with Crippen LogP contribution in [0.25, 0.3) is 0 Å². The number of anilines is 4. The number of Topliss-reactive ketones (excluding diaryl/α,β-unsaturated/α-hetero) is 1. The van der Waals surface area contributed by atoms with Gasteiger partial charge in [0.05, 0.1) is 24.6 Å². The maximum atomic E-state index is 12.7. The number of rotatable bonds is 8. The van der Waals surface area contributed by atoms with Crippen molar-refractivity contribution in [3.63, 3.8) is 0 Å². The summed E-state index contributed by atoms with van der Waals surface area (Å²) >= 11 is 6.36. The van der Waals surface area contributed by atoms with Crippen molar-refractivity contribution in [1.29, 1.82) is 0 Å². The van der Waals surface area contributed by atoms with E-state index < -0.39 is 11.7 Å². The van der Waals surface area contributed by atoms with E-state index in [1.807, 2.05) is 12.1 Å². The minimum Gasteiger partial charge on any atom is -0.496 e. The SMILES string of the molecule is COc1cc(Nc2ncc(Cl)c(Nc3ccccc3C(=O)C(=O)N(C)C)n2)ccc1C1CCN(C)CC1. The molecule has 3 aromatic rings. The summed E-state index contributed by atoms with van der Waals surface area (Å²) in [5.41, 5.74) is 2.61. The number of benzene rings is 2. The van der Waals surface area contributed by atoms with Gasteiger partial charge in [-0.2, -0.15) is 4.98 Å². The molecule has 4 rings (SSSR count). The van der Waals surface area contributed by atoms with Gasteiger partial charge in [-0.15, -0.1) is 0 Å². The Balaban J connectivity index is 1.55. The summed E-state index contributed by atoms with van der Waals surface area (Å²) in [4.78, 5) is 37.3. The van der Waals surface area contributed by atoms with Gasteiger partial charge in [0.25, 0.3) is 11.7 Å². The maximum absolute atomic E-state index is 12.7. The molecule has 194 valence electrons. The summed E-state index contributed by atoms with van der Waals surface area (Å²) in [6.45, 7) is 2.14. The number of carbonyl (C=O) groups is 2. The van der Waals surface area contributed by atoms with Gasteiger partial charge in [-0.3, -0.25) is 9.59 Å². The average Bonchev–Trinajstić information content (AvgIpc) is 2.90. The number of hydrogen-bond donors (Lipinski definition) is 2. The number of carbonyl (C=O) groups excluding carboxylic acids is 2. The van der Waals surface area contributed by atoms with Crippen molar-refractivity contribution in [2.45, 2.75) is 18.8 Å². The highest BCUT2D eigenvalue weighted by Gasteiger charge is 2.23. The van der Waals surface area contributed by atoms with Gasteiger partial charge in [0, 0.05) is 25.8 Å². The normalized spacial score (nSPS) is 14.2. The molecule has 1 fully saturated rings. The van der Waals surface area contributed by atoms with Crippen LogP contribution in [0.3, 0.4) is 0 Å². The van der Waals surface area contributed by atoms with Crippen molar-refractivity contribution < 1.29 is 14.3 Å². The van der Waals surface area contributed by atoms with E-state index in [4.69, 9.17) is 16.3 Å². The molecule has 37 heavy (non-hydrogen) atoms. The lowest BCUT2D eigenvalue weighted by Gasteiger charge is -2.30. The first-order valence-electron chi connectivity index (χ1n) is 12.0. The molecule has 2 heterocycles. The van der Waals surface area contributed by atoms with Crippen LogP contribution in [0.5, 0.6) is 5.75 Å². The second-order valence-corrected chi connectivity index (χ2v) is 9.66. The Morgan fingerprint density at radius 3 is 2.54 bits per heavy atom. The fourth-order valence-corrected chi connectivity index (χ4v) is 4.46. The Hall–Kier alpha value is -3.69. The van der Waals surface area contributed by atoms with Crippen molar-refractivity contribution in [3.05, 3.63) is 64.8 Å². The van der Waals surface area contributed by atoms with Crippen molar-refractivity contribution in [2.24, 2.45) is 0 Å². The fourth-order valence-electron chi connectivity index (χ4n) is 4.33. The molecular formula is C27H31ClN6O3. The van der Waals surface area contributed by atoms with E-state index in [0.717, 1.165) is 37.4 Å². The van der Waals surface area contributed by atoms with Gasteiger partial charge < -0.3 is 25.2 Å². The molecule has 2 N–H and O–H groups in total. The lowest BCUT2D eigenvalue weighted by molar-refractivity contribution is -0.124. The van der Waals surface area contributed by atoms with Crippen LogP contribution in [-0.4, -0.2) is 72.8 Å². The Labute approximate surface area is 221 Å². The molecule has 1 saturated heterocycles. The third kappa shape index (κ3) is 6.18. The molecule has 9 nitrogen and oxygen atoms in total. The van der Waals surface area contributed by atoms with Crippen LogP contribution in [0.2, 0.25) is 5.02 Å². The third-order valence-electron chi connectivity index (χ3n) is 6.42. The largest absolute Gasteiger partial charge is 0.496 e. The van der Waals surface area contributed by atoms with Gasteiger partial charge in [0.15, 0.2) is 5.82 Å². The molecule has 1 aliphatic rings. The van der Waals surface area contributed by atoms with Crippen LogP contribution < -0.4 is 15.4 Å². The zero-order chi connectivity index (χ0) is 26.5. The second kappa shape index (κ2) is 11.6. The highest BCUT2D eigenvalue weighted by Crippen LogP contribution is 2.36. The first kappa shape index (κ1) is 26.4. The number of nitrogens with zero attached hydrogens (tertiary/aromatic N) is 4. The minimum atomic E-state index is -0.631. The molecule has 0 saturated carbocycles. The van der Waals surface area contributed by atoms with Crippen molar-refractivity contribution in [3.8, 4) is 5.75 Å². The lowest BCUT2D eigenvalue weighted by Crippen LogP contribution is -2.30. The summed E-state index contributed by atoms with van der Waals surface area (Å²) < 4.78 is 5.71. The van der Waals surface area contributed by atoms with Crippen LogP contribution in [0.15, 0.2) is 48.7 Å². The van der Waals surface area contributed by atoms with Crippen LogP contribution in [0, 0.1) is 0 Å². The van der Waals surface area contributed by atoms with Crippen LogP contribution in [-0.2, 0) is 4.79 Å². The first-order valence-corrected chi connectivity index (χ1v) is 12.4. The Bertz CT molecular complexity index is 1290. The molecule has 0 atom stereocenters. The molecule has 0 unspecified atom stereocenters. The predicted octanol–water partition coefficient (Wildman–Crippen LogP) is 4.71. The Kier molecular flexibility index (Phi) is 8.25. The molecule has 1 amide bonds. The molecule has 0 radical (unpaired) electrons. The number of halogens is 1. The number of hydrogen-bond acceptors (Lipinski definition) is 8. The summed E-state index contributed by atoms with van der Waals surface area (Å²) in [6.07, 6.45) is 3.66. The number of methoxy groups -OCH3 is 1. The fraction of sp³-hybridized carbons (Fsp3) is 0.333. The molecule has 0 bridgehead atoms. The molecule has 0 aliphatic carbocycles. The molecule has 10 heteroatoms. The summed E-state index contributed by atoms with van der Waals surface area (Å²) in [5.74, 6) is 0.645. The standard InChI is InChI=1S/C27H31ClN6O3/c1-33(2)26(36)24(35)20-7-5-6-8-22(20)31-25-21(28)16-29-27(32-25)30-18-9-10-19(23(15-18)37-4)17-11-13-34(3)14-12-17/h5-10,15-17H,11-14H2,1-4H3,(H2,29,30,31,32). The minimum absolute atomic E-state index is 0.222. The summed E-state index contributed by atoms with van der Waals surface area (Å²) in [7, 11) is 6.89. The maximum Gasteiger partial charge on any atom is 0.294 e. The van der Waals surface area contributed by atoms with Crippen molar-refractivity contribution >= 4 is 46.4 Å². The number of amides is 1. The van der Waals surface area contributed by atoms with Gasteiger partial charge >= 0.3 is 0 Å². The number of likely N-dealkylation sites (N-methyl/N-ethyl adjacent to an activating group) is 1. The first-order chi connectivity index (χ1) is 17.8. The van der Waals surface area contributed by atoms with E-state index in [2.05, 4.69) is 38.6 Å².